The van der Waals surface area contributed by atoms with Gasteiger partial charge in [-0.2, -0.15) is 0 Å². The van der Waals surface area contributed by atoms with Gasteiger partial charge in [-0.3, -0.25) is 9.59 Å². The lowest BCUT2D eigenvalue weighted by Gasteiger charge is -2.37. The van der Waals surface area contributed by atoms with Crippen LogP contribution in [0.1, 0.15) is 29.8 Å². The third-order valence-corrected chi connectivity index (χ3v) is 6.59. The number of fused-ring (bicyclic) bond motifs is 1. The SMILES string of the molecule is Cc1ccc(C(=O)NC(C(=O)N2CCN(c3nc4cccnc4s3)CC2)C(C)C)cc1. The van der Waals surface area contributed by atoms with Crippen LogP contribution in [0.3, 0.4) is 0 Å². The van der Waals surface area contributed by atoms with Crippen LogP contribution in [-0.4, -0.2) is 58.9 Å². The van der Waals surface area contributed by atoms with Crippen molar-refractivity contribution in [2.45, 2.75) is 26.8 Å². The summed E-state index contributed by atoms with van der Waals surface area (Å²) in [5, 5.41) is 3.89. The Morgan fingerprint density at radius 2 is 1.77 bits per heavy atom. The topological polar surface area (TPSA) is 78.4 Å². The van der Waals surface area contributed by atoms with E-state index in [0.717, 1.165) is 21.0 Å². The second-order valence-corrected chi connectivity index (χ2v) is 9.15. The number of aromatic nitrogens is 2. The minimum absolute atomic E-state index is 0.00439. The highest BCUT2D eigenvalue weighted by Crippen LogP contribution is 2.27. The second-order valence-electron chi connectivity index (χ2n) is 8.20. The van der Waals surface area contributed by atoms with Crippen molar-refractivity contribution in [3.8, 4) is 0 Å². The predicted molar refractivity (Wildman–Crippen MR) is 123 cm³/mol. The fourth-order valence-electron chi connectivity index (χ4n) is 3.65. The van der Waals surface area contributed by atoms with Crippen molar-refractivity contribution in [2.75, 3.05) is 31.1 Å². The molecule has 4 rings (SSSR count). The zero-order chi connectivity index (χ0) is 22.0. The molecule has 1 saturated heterocycles. The average molecular weight is 438 g/mol. The fourth-order valence-corrected chi connectivity index (χ4v) is 4.61. The van der Waals surface area contributed by atoms with Crippen molar-refractivity contribution in [1.82, 2.24) is 20.2 Å². The fraction of sp³-hybridized carbons (Fsp3) is 0.391. The molecular weight excluding hydrogens is 410 g/mol. The summed E-state index contributed by atoms with van der Waals surface area (Å²) in [5.41, 5.74) is 2.56. The molecule has 0 bridgehead atoms. The van der Waals surface area contributed by atoms with Gasteiger partial charge >= 0.3 is 0 Å². The highest BCUT2D eigenvalue weighted by molar-refractivity contribution is 7.21. The maximum absolute atomic E-state index is 13.2. The van der Waals surface area contributed by atoms with E-state index in [0.29, 0.717) is 31.7 Å². The van der Waals surface area contributed by atoms with Crippen LogP contribution in [0, 0.1) is 12.8 Å². The van der Waals surface area contributed by atoms with Gasteiger partial charge in [0.15, 0.2) is 5.13 Å². The molecule has 7 nitrogen and oxygen atoms in total. The first-order chi connectivity index (χ1) is 14.9. The van der Waals surface area contributed by atoms with E-state index < -0.39 is 6.04 Å². The smallest absolute Gasteiger partial charge is 0.251 e. The van der Waals surface area contributed by atoms with Crippen LogP contribution in [-0.2, 0) is 4.79 Å². The summed E-state index contributed by atoms with van der Waals surface area (Å²) in [4.78, 5) is 39.9. The number of nitrogens with one attached hydrogen (secondary N) is 1. The summed E-state index contributed by atoms with van der Waals surface area (Å²) in [6.45, 7) is 8.53. The molecule has 8 heteroatoms. The number of rotatable bonds is 5. The van der Waals surface area contributed by atoms with Gasteiger partial charge in [0.05, 0.1) is 0 Å². The van der Waals surface area contributed by atoms with Gasteiger partial charge in [-0.15, -0.1) is 0 Å². The van der Waals surface area contributed by atoms with Gasteiger partial charge in [-0.25, -0.2) is 9.97 Å². The molecule has 0 spiro atoms. The standard InChI is InChI=1S/C23H27N5O2S/c1-15(2)19(26-20(29)17-8-6-16(3)7-9-17)22(30)27-11-13-28(14-12-27)23-25-18-5-4-10-24-21(18)31-23/h4-10,15,19H,11-14H2,1-3H3,(H,26,29). The molecule has 1 N–H and O–H groups in total. The van der Waals surface area contributed by atoms with E-state index in [1.165, 1.54) is 0 Å². The summed E-state index contributed by atoms with van der Waals surface area (Å²) in [5.74, 6) is -0.246. The molecule has 2 amide bonds. The molecule has 0 radical (unpaired) electrons. The Morgan fingerprint density at radius 3 is 2.42 bits per heavy atom. The first-order valence-electron chi connectivity index (χ1n) is 10.5. The number of aryl methyl sites for hydroxylation is 1. The van der Waals surface area contributed by atoms with Gasteiger partial charge in [0, 0.05) is 37.9 Å². The number of thiazole rings is 1. The molecule has 1 atom stereocenters. The summed E-state index contributed by atoms with van der Waals surface area (Å²) in [6, 6.07) is 10.7. The van der Waals surface area contributed by atoms with E-state index in [9.17, 15) is 9.59 Å². The molecule has 0 aliphatic carbocycles. The highest BCUT2D eigenvalue weighted by Gasteiger charge is 2.31. The van der Waals surface area contributed by atoms with E-state index in [2.05, 4.69) is 20.2 Å². The zero-order valence-corrected chi connectivity index (χ0v) is 18.9. The Morgan fingerprint density at radius 1 is 1.06 bits per heavy atom. The van der Waals surface area contributed by atoms with Crippen LogP contribution in [0.5, 0.6) is 0 Å². The van der Waals surface area contributed by atoms with Crippen molar-refractivity contribution in [2.24, 2.45) is 5.92 Å². The number of carbonyl (C=O) groups excluding carboxylic acids is 2. The maximum Gasteiger partial charge on any atom is 0.251 e. The lowest BCUT2D eigenvalue weighted by Crippen LogP contribution is -2.56. The Bertz CT molecular complexity index is 1040. The lowest BCUT2D eigenvalue weighted by molar-refractivity contribution is -0.134. The Balaban J connectivity index is 1.39. The number of benzene rings is 1. The summed E-state index contributed by atoms with van der Waals surface area (Å²) in [7, 11) is 0. The third kappa shape index (κ3) is 4.69. The molecule has 1 aliphatic heterocycles. The minimum Gasteiger partial charge on any atom is -0.344 e. The number of hydrogen-bond donors (Lipinski definition) is 1. The van der Waals surface area contributed by atoms with E-state index in [-0.39, 0.29) is 17.7 Å². The van der Waals surface area contributed by atoms with Gasteiger partial charge in [0.1, 0.15) is 16.4 Å². The van der Waals surface area contributed by atoms with Crippen LogP contribution in [0.4, 0.5) is 5.13 Å². The third-order valence-electron chi connectivity index (χ3n) is 5.55. The highest BCUT2D eigenvalue weighted by atomic mass is 32.1. The Kier molecular flexibility index (Phi) is 6.18. The van der Waals surface area contributed by atoms with Crippen LogP contribution in [0.15, 0.2) is 42.6 Å². The van der Waals surface area contributed by atoms with E-state index in [1.54, 1.807) is 29.7 Å². The molecule has 1 unspecified atom stereocenters. The summed E-state index contributed by atoms with van der Waals surface area (Å²) >= 11 is 1.57. The van der Waals surface area contributed by atoms with E-state index >= 15 is 0 Å². The van der Waals surface area contributed by atoms with Crippen LogP contribution in [0.25, 0.3) is 10.3 Å². The molecule has 2 aromatic heterocycles. The summed E-state index contributed by atoms with van der Waals surface area (Å²) in [6.07, 6.45) is 1.78. The molecule has 3 aromatic rings. The van der Waals surface area contributed by atoms with Gasteiger partial charge in [0.25, 0.3) is 5.91 Å². The normalized spacial score (nSPS) is 15.4. The van der Waals surface area contributed by atoms with Gasteiger partial charge in [-0.1, -0.05) is 42.9 Å². The Labute approximate surface area is 186 Å². The van der Waals surface area contributed by atoms with Gasteiger partial charge in [-0.05, 0) is 37.1 Å². The first kappa shape index (κ1) is 21.2. The van der Waals surface area contributed by atoms with Crippen molar-refractivity contribution in [1.29, 1.82) is 0 Å². The quantitative estimate of drug-likeness (QED) is 0.664. The maximum atomic E-state index is 13.2. The zero-order valence-electron chi connectivity index (χ0n) is 18.0. The number of nitrogens with zero attached hydrogens (tertiary/aromatic N) is 4. The molecular formula is C23H27N5O2S. The molecule has 1 aromatic carbocycles. The van der Waals surface area contributed by atoms with Crippen molar-refractivity contribution >= 4 is 38.6 Å². The predicted octanol–water partition coefficient (Wildman–Crippen LogP) is 3.10. The van der Waals surface area contributed by atoms with Crippen molar-refractivity contribution in [3.63, 3.8) is 0 Å². The number of amides is 2. The number of carbonyl (C=O) groups is 2. The minimum atomic E-state index is -0.549. The van der Waals surface area contributed by atoms with Gasteiger partial charge in [0.2, 0.25) is 5.91 Å². The van der Waals surface area contributed by atoms with E-state index in [4.69, 9.17) is 0 Å². The molecule has 3 heterocycles. The van der Waals surface area contributed by atoms with E-state index in [1.807, 2.05) is 49.9 Å². The van der Waals surface area contributed by atoms with Gasteiger partial charge < -0.3 is 15.1 Å². The summed E-state index contributed by atoms with van der Waals surface area (Å²) < 4.78 is 0. The number of pyridine rings is 1. The molecule has 0 saturated carbocycles. The Hall–Kier alpha value is -3.00. The van der Waals surface area contributed by atoms with Crippen molar-refractivity contribution < 1.29 is 9.59 Å². The van der Waals surface area contributed by atoms with Crippen LogP contribution < -0.4 is 10.2 Å². The lowest BCUT2D eigenvalue weighted by atomic mass is 10.0. The number of piperazine rings is 1. The second kappa shape index (κ2) is 9.01. The number of hydrogen-bond acceptors (Lipinski definition) is 6. The van der Waals surface area contributed by atoms with Crippen molar-refractivity contribution in [3.05, 3.63) is 53.7 Å². The van der Waals surface area contributed by atoms with Crippen LogP contribution in [0.2, 0.25) is 0 Å². The first-order valence-corrected chi connectivity index (χ1v) is 11.4. The molecule has 31 heavy (non-hydrogen) atoms. The van der Waals surface area contributed by atoms with Crippen LogP contribution >= 0.6 is 11.3 Å². The number of anilines is 1. The monoisotopic (exact) mass is 437 g/mol. The largest absolute Gasteiger partial charge is 0.344 e. The molecule has 1 fully saturated rings. The molecule has 1 aliphatic rings. The average Bonchev–Trinajstić information content (AvgIpc) is 3.21. The molecule has 162 valence electrons.